The third-order valence-electron chi connectivity index (χ3n) is 5.84. The van der Waals surface area contributed by atoms with Crippen LogP contribution in [0.5, 0.6) is 5.75 Å². The molecule has 0 N–H and O–H groups in total. The smallest absolute Gasteiger partial charge is 0.243 e. The lowest BCUT2D eigenvalue weighted by Crippen LogP contribution is -2.48. The van der Waals surface area contributed by atoms with Gasteiger partial charge in [-0.2, -0.15) is 14.6 Å². The van der Waals surface area contributed by atoms with E-state index in [4.69, 9.17) is 9.15 Å². The molecule has 178 valence electrons. The number of nitrogens with zero attached hydrogens (tertiary/aromatic N) is 4. The van der Waals surface area contributed by atoms with Crippen LogP contribution in [0.3, 0.4) is 0 Å². The highest BCUT2D eigenvalue weighted by molar-refractivity contribution is 7.89. The summed E-state index contributed by atoms with van der Waals surface area (Å²) < 4.78 is 39.1. The van der Waals surface area contributed by atoms with Gasteiger partial charge in [-0.15, -0.1) is 0 Å². The Balaban J connectivity index is 1.48. The maximum atomic E-state index is 13.1. The van der Waals surface area contributed by atoms with E-state index in [2.05, 4.69) is 24.9 Å². The van der Waals surface area contributed by atoms with E-state index in [1.54, 1.807) is 12.1 Å². The molecule has 1 saturated heterocycles. The lowest BCUT2D eigenvalue weighted by Gasteiger charge is -2.33. The van der Waals surface area contributed by atoms with Crippen molar-refractivity contribution < 1.29 is 17.6 Å². The van der Waals surface area contributed by atoms with Crippen LogP contribution in [0.15, 0.2) is 57.8 Å². The Kier molecular flexibility index (Phi) is 6.91. The van der Waals surface area contributed by atoms with Gasteiger partial charge in [0.25, 0.3) is 0 Å². The van der Waals surface area contributed by atoms with Gasteiger partial charge >= 0.3 is 0 Å². The second-order valence-electron chi connectivity index (χ2n) is 8.36. The third-order valence-corrected chi connectivity index (χ3v) is 7.75. The highest BCUT2D eigenvalue weighted by atomic mass is 32.2. The number of hydrogen-bond donors (Lipinski definition) is 0. The molecule has 2 heterocycles. The molecule has 2 aromatic carbocycles. The Bertz CT molecular complexity index is 1270. The van der Waals surface area contributed by atoms with E-state index >= 15 is 0 Å². The minimum Gasteiger partial charge on any atom is -0.494 e. The first-order valence-corrected chi connectivity index (χ1v) is 12.8. The van der Waals surface area contributed by atoms with Crippen LogP contribution in [-0.2, 0) is 10.0 Å². The molecular formula is C25H28N4O4S. The number of nitriles is 1. The largest absolute Gasteiger partial charge is 0.494 e. The topological polar surface area (TPSA) is 99.7 Å². The quantitative estimate of drug-likeness (QED) is 0.498. The van der Waals surface area contributed by atoms with Crippen LogP contribution in [0.4, 0.5) is 5.88 Å². The van der Waals surface area contributed by atoms with Crippen molar-refractivity contribution in [3.8, 4) is 23.3 Å². The number of anilines is 1. The van der Waals surface area contributed by atoms with Crippen LogP contribution in [-0.4, -0.2) is 50.5 Å². The first kappa shape index (κ1) is 23.8. The van der Waals surface area contributed by atoms with Crippen molar-refractivity contribution in [3.05, 3.63) is 59.8 Å². The first-order valence-electron chi connectivity index (χ1n) is 11.3. The lowest BCUT2D eigenvalue weighted by atomic mass is 10.0. The number of hydrogen-bond acceptors (Lipinski definition) is 7. The summed E-state index contributed by atoms with van der Waals surface area (Å²) >= 11 is 0. The Morgan fingerprint density at radius 3 is 2.26 bits per heavy atom. The molecule has 0 radical (unpaired) electrons. The van der Waals surface area contributed by atoms with Gasteiger partial charge in [-0.1, -0.05) is 26.0 Å². The molecule has 9 heteroatoms. The number of aromatic nitrogens is 1. The predicted molar refractivity (Wildman–Crippen MR) is 129 cm³/mol. The standard InChI is InChI=1S/C25H28N4O4S/c1-4-32-21-9-5-20(6-10-21)24-27-23(17-26)25(33-24)28-13-15-29(16-14-28)34(30,31)22-11-7-19(8-12-22)18(2)3/h5-12,18H,4,13-16H2,1-3H3. The van der Waals surface area contributed by atoms with E-state index in [0.717, 1.165) is 16.9 Å². The fourth-order valence-electron chi connectivity index (χ4n) is 3.89. The summed E-state index contributed by atoms with van der Waals surface area (Å²) in [6.45, 7) is 8.02. The zero-order chi connectivity index (χ0) is 24.3. The molecule has 0 unspecified atom stereocenters. The molecule has 1 fully saturated rings. The summed E-state index contributed by atoms with van der Waals surface area (Å²) in [5.41, 5.74) is 2.02. The minimum atomic E-state index is -3.59. The summed E-state index contributed by atoms with van der Waals surface area (Å²) in [4.78, 5) is 6.51. The average Bonchev–Trinajstić information content (AvgIpc) is 3.29. The SMILES string of the molecule is CCOc1ccc(-c2nc(C#N)c(N3CCN(S(=O)(=O)c4ccc(C(C)C)cc4)CC3)o2)cc1. The van der Waals surface area contributed by atoms with Crippen molar-refractivity contribution in [1.29, 1.82) is 5.26 Å². The molecule has 0 spiro atoms. The van der Waals surface area contributed by atoms with Crippen LogP contribution in [0.1, 0.15) is 37.9 Å². The number of sulfonamides is 1. The highest BCUT2D eigenvalue weighted by Crippen LogP contribution is 2.30. The normalized spacial score (nSPS) is 14.9. The van der Waals surface area contributed by atoms with Crippen LogP contribution < -0.4 is 9.64 Å². The molecule has 0 saturated carbocycles. The first-order chi connectivity index (χ1) is 16.3. The van der Waals surface area contributed by atoms with Crippen molar-refractivity contribution in [2.75, 3.05) is 37.7 Å². The van der Waals surface area contributed by atoms with Gasteiger partial charge in [0.05, 0.1) is 11.5 Å². The second-order valence-corrected chi connectivity index (χ2v) is 10.3. The molecular weight excluding hydrogens is 452 g/mol. The third kappa shape index (κ3) is 4.79. The Hall–Kier alpha value is -3.35. The molecule has 8 nitrogen and oxygen atoms in total. The van der Waals surface area contributed by atoms with Gasteiger partial charge in [0.15, 0.2) is 0 Å². The van der Waals surface area contributed by atoms with E-state index < -0.39 is 10.0 Å². The van der Waals surface area contributed by atoms with Crippen molar-refractivity contribution in [2.24, 2.45) is 0 Å². The van der Waals surface area contributed by atoms with E-state index in [9.17, 15) is 13.7 Å². The van der Waals surface area contributed by atoms with Crippen LogP contribution in [0, 0.1) is 11.3 Å². The van der Waals surface area contributed by atoms with Gasteiger partial charge < -0.3 is 14.1 Å². The number of ether oxygens (including phenoxy) is 1. The van der Waals surface area contributed by atoms with Gasteiger partial charge in [0.2, 0.25) is 27.5 Å². The minimum absolute atomic E-state index is 0.185. The molecule has 34 heavy (non-hydrogen) atoms. The molecule has 1 aliphatic rings. The van der Waals surface area contributed by atoms with Gasteiger partial charge in [0.1, 0.15) is 11.8 Å². The zero-order valence-electron chi connectivity index (χ0n) is 19.6. The number of piperazine rings is 1. The van der Waals surface area contributed by atoms with E-state index in [1.807, 2.05) is 48.2 Å². The summed E-state index contributed by atoms with van der Waals surface area (Å²) in [6.07, 6.45) is 0. The van der Waals surface area contributed by atoms with E-state index in [0.29, 0.717) is 42.3 Å². The van der Waals surface area contributed by atoms with Gasteiger partial charge in [-0.25, -0.2) is 8.42 Å². The Morgan fingerprint density at radius 2 is 1.71 bits per heavy atom. The Labute approximate surface area is 200 Å². The van der Waals surface area contributed by atoms with Gasteiger partial charge in [-0.05, 0) is 54.8 Å². The van der Waals surface area contributed by atoms with Crippen molar-refractivity contribution >= 4 is 15.9 Å². The molecule has 0 aliphatic carbocycles. The summed E-state index contributed by atoms with van der Waals surface area (Å²) in [5, 5.41) is 9.59. The molecule has 0 bridgehead atoms. The Morgan fingerprint density at radius 1 is 1.06 bits per heavy atom. The van der Waals surface area contributed by atoms with Crippen molar-refractivity contribution in [1.82, 2.24) is 9.29 Å². The van der Waals surface area contributed by atoms with Crippen LogP contribution in [0.2, 0.25) is 0 Å². The van der Waals surface area contributed by atoms with Crippen molar-refractivity contribution in [2.45, 2.75) is 31.6 Å². The predicted octanol–water partition coefficient (Wildman–Crippen LogP) is 4.25. The highest BCUT2D eigenvalue weighted by Gasteiger charge is 2.31. The fourth-order valence-corrected chi connectivity index (χ4v) is 5.31. The zero-order valence-corrected chi connectivity index (χ0v) is 20.4. The van der Waals surface area contributed by atoms with E-state index in [-0.39, 0.29) is 18.8 Å². The number of rotatable bonds is 7. The van der Waals surface area contributed by atoms with Crippen molar-refractivity contribution in [3.63, 3.8) is 0 Å². The van der Waals surface area contributed by atoms with Gasteiger partial charge in [0, 0.05) is 31.7 Å². The summed E-state index contributed by atoms with van der Waals surface area (Å²) in [5.74, 6) is 1.79. The monoisotopic (exact) mass is 480 g/mol. The molecule has 4 rings (SSSR count). The summed E-state index contributed by atoms with van der Waals surface area (Å²) in [6, 6.07) is 16.5. The molecule has 3 aromatic rings. The molecule has 0 atom stereocenters. The maximum Gasteiger partial charge on any atom is 0.243 e. The number of oxazole rings is 1. The molecule has 0 amide bonds. The number of benzene rings is 2. The molecule has 1 aromatic heterocycles. The van der Waals surface area contributed by atoms with Gasteiger partial charge in [-0.3, -0.25) is 0 Å². The molecule has 1 aliphatic heterocycles. The summed E-state index contributed by atoms with van der Waals surface area (Å²) in [7, 11) is -3.59. The maximum absolute atomic E-state index is 13.1. The lowest BCUT2D eigenvalue weighted by molar-refractivity contribution is 0.340. The van der Waals surface area contributed by atoms with Crippen LogP contribution >= 0.6 is 0 Å². The fraction of sp³-hybridized carbons (Fsp3) is 0.360. The average molecular weight is 481 g/mol. The van der Waals surface area contributed by atoms with Crippen LogP contribution in [0.25, 0.3) is 11.5 Å². The second kappa shape index (κ2) is 9.87. The van der Waals surface area contributed by atoms with E-state index in [1.165, 1.54) is 4.31 Å².